The summed E-state index contributed by atoms with van der Waals surface area (Å²) >= 11 is 0. The molecule has 2 aromatic carbocycles. The molecule has 2 saturated heterocycles. The molecule has 0 unspecified atom stereocenters. The number of nitrogens with zero attached hydrogens (tertiary/aromatic N) is 3. The van der Waals surface area contributed by atoms with Crippen molar-refractivity contribution in [1.82, 2.24) is 9.88 Å². The van der Waals surface area contributed by atoms with Crippen molar-refractivity contribution in [2.75, 3.05) is 37.6 Å². The van der Waals surface area contributed by atoms with Crippen molar-refractivity contribution >= 4 is 11.8 Å². The molecule has 236 valence electrons. The number of piperidine rings is 2. The van der Waals surface area contributed by atoms with E-state index in [1.165, 1.54) is 6.07 Å². The molecule has 0 saturated carbocycles. The molecule has 6 nitrogen and oxygen atoms in total. The van der Waals surface area contributed by atoms with Crippen molar-refractivity contribution in [3.8, 4) is 17.0 Å². The van der Waals surface area contributed by atoms with Gasteiger partial charge in [-0.1, -0.05) is 24.3 Å². The SMILES string of the molecule is Cc1cc(C2CCN(CCC(F)(F)F)CC2)ccc1COc1c(F)cc(F)cc1-c1cccc(N2CCC(C(=O)[O-])CC2)n1. The second kappa shape index (κ2) is 13.5. The number of rotatable bonds is 9. The monoisotopic (exact) mass is 616 g/mol. The Morgan fingerprint density at radius 2 is 1.73 bits per heavy atom. The van der Waals surface area contributed by atoms with Crippen molar-refractivity contribution in [3.63, 3.8) is 0 Å². The van der Waals surface area contributed by atoms with Crippen molar-refractivity contribution < 1.29 is 36.6 Å². The first-order chi connectivity index (χ1) is 21.0. The van der Waals surface area contributed by atoms with Gasteiger partial charge in [0.2, 0.25) is 0 Å². The summed E-state index contributed by atoms with van der Waals surface area (Å²) in [7, 11) is 0. The number of benzene rings is 2. The van der Waals surface area contributed by atoms with E-state index in [9.17, 15) is 27.5 Å². The number of alkyl halides is 3. The van der Waals surface area contributed by atoms with Crippen LogP contribution in [-0.2, 0) is 11.4 Å². The normalized spacial score (nSPS) is 17.2. The first kappa shape index (κ1) is 31.7. The molecule has 0 bridgehead atoms. The molecular weight excluding hydrogens is 581 g/mol. The van der Waals surface area contributed by atoms with E-state index < -0.39 is 36.1 Å². The summed E-state index contributed by atoms with van der Waals surface area (Å²) in [6, 6.07) is 13.1. The number of pyridine rings is 1. The molecule has 0 radical (unpaired) electrons. The lowest BCUT2D eigenvalue weighted by atomic mass is 9.88. The Balaban J connectivity index is 1.26. The number of likely N-dealkylation sites (tertiary alicyclic amines) is 1. The molecule has 3 heterocycles. The van der Waals surface area contributed by atoms with Crippen LogP contribution in [0.25, 0.3) is 11.3 Å². The Hall–Kier alpha value is -3.73. The van der Waals surface area contributed by atoms with Gasteiger partial charge in [0.25, 0.3) is 0 Å². The zero-order valence-electron chi connectivity index (χ0n) is 24.5. The van der Waals surface area contributed by atoms with Gasteiger partial charge >= 0.3 is 6.18 Å². The Kier molecular flexibility index (Phi) is 9.72. The number of carboxylic acid groups (broad SMARTS) is 1. The predicted molar refractivity (Wildman–Crippen MR) is 154 cm³/mol. The number of carbonyl (C=O) groups is 1. The van der Waals surface area contributed by atoms with E-state index in [0.29, 0.717) is 50.5 Å². The van der Waals surface area contributed by atoms with E-state index in [2.05, 4.69) is 4.98 Å². The smallest absolute Gasteiger partial charge is 0.390 e. The molecular formula is C33H35F5N3O3-. The van der Waals surface area contributed by atoms with Gasteiger partial charge in [0.1, 0.15) is 18.2 Å². The third kappa shape index (κ3) is 7.85. The van der Waals surface area contributed by atoms with Crippen LogP contribution in [0.3, 0.4) is 0 Å². The number of hydrogen-bond acceptors (Lipinski definition) is 6. The highest BCUT2D eigenvalue weighted by Crippen LogP contribution is 2.36. The maximum absolute atomic E-state index is 15.1. The highest BCUT2D eigenvalue weighted by Gasteiger charge is 2.29. The zero-order chi connectivity index (χ0) is 31.4. The molecule has 0 atom stereocenters. The molecule has 0 N–H and O–H groups in total. The molecule has 2 fully saturated rings. The van der Waals surface area contributed by atoms with Gasteiger partial charge in [-0.15, -0.1) is 0 Å². The van der Waals surface area contributed by atoms with Gasteiger partial charge in [0.15, 0.2) is 11.6 Å². The van der Waals surface area contributed by atoms with Gasteiger partial charge in [-0.05, 0) is 86.5 Å². The summed E-state index contributed by atoms with van der Waals surface area (Å²) < 4.78 is 73.2. The van der Waals surface area contributed by atoms with Crippen LogP contribution in [0, 0.1) is 24.5 Å². The van der Waals surface area contributed by atoms with Gasteiger partial charge in [-0.25, -0.2) is 13.8 Å². The Morgan fingerprint density at radius 1 is 1.00 bits per heavy atom. The minimum Gasteiger partial charge on any atom is -0.550 e. The maximum Gasteiger partial charge on any atom is 0.390 e. The lowest BCUT2D eigenvalue weighted by Gasteiger charge is -2.33. The number of carboxylic acids is 1. The van der Waals surface area contributed by atoms with Crippen LogP contribution >= 0.6 is 0 Å². The standard InChI is InChI=1S/C33H36F5N3O3/c1-21-17-24(22-7-12-40(13-8-22)16-11-33(36,37)38)5-6-25(21)20-44-31-27(18-26(34)19-28(31)35)29-3-2-4-30(39-29)41-14-9-23(10-15-41)32(42)43/h2-6,17-19,22-23H,7-16,20H2,1H3,(H,42,43)/p-1. The van der Waals surface area contributed by atoms with Gasteiger partial charge in [-0.2, -0.15) is 13.2 Å². The van der Waals surface area contributed by atoms with E-state index in [1.54, 1.807) is 18.2 Å². The fourth-order valence-electron chi connectivity index (χ4n) is 6.05. The van der Waals surface area contributed by atoms with Crippen molar-refractivity contribution in [1.29, 1.82) is 0 Å². The van der Waals surface area contributed by atoms with Crippen LogP contribution in [0.15, 0.2) is 48.5 Å². The Morgan fingerprint density at radius 3 is 2.39 bits per heavy atom. The zero-order valence-corrected chi connectivity index (χ0v) is 24.5. The second-order valence-corrected chi connectivity index (χ2v) is 11.7. The molecule has 0 amide bonds. The molecule has 0 spiro atoms. The van der Waals surface area contributed by atoms with Crippen molar-refractivity contribution in [3.05, 3.63) is 76.9 Å². The number of anilines is 1. The number of carbonyl (C=O) groups excluding carboxylic acids is 1. The quantitative estimate of drug-likeness (QED) is 0.275. The number of halogens is 5. The summed E-state index contributed by atoms with van der Waals surface area (Å²) in [6.45, 7) is 4.17. The minimum atomic E-state index is -4.15. The summed E-state index contributed by atoms with van der Waals surface area (Å²) in [5, 5.41) is 11.2. The molecule has 3 aromatic rings. The van der Waals surface area contributed by atoms with Crippen molar-refractivity contribution in [2.24, 2.45) is 5.92 Å². The second-order valence-electron chi connectivity index (χ2n) is 11.7. The number of aryl methyl sites for hydroxylation is 1. The van der Waals surface area contributed by atoms with Gasteiger partial charge in [0.05, 0.1) is 12.1 Å². The van der Waals surface area contributed by atoms with E-state index in [1.807, 2.05) is 34.9 Å². The largest absolute Gasteiger partial charge is 0.550 e. The Labute approximate surface area is 253 Å². The van der Waals surface area contributed by atoms with E-state index in [0.717, 1.165) is 35.6 Å². The van der Waals surface area contributed by atoms with Gasteiger partial charge in [0, 0.05) is 43.2 Å². The van der Waals surface area contributed by atoms with Crippen LogP contribution in [0.5, 0.6) is 5.75 Å². The number of ether oxygens (including phenoxy) is 1. The number of aromatic nitrogens is 1. The fourth-order valence-corrected chi connectivity index (χ4v) is 6.05. The average Bonchev–Trinajstić information content (AvgIpc) is 3.00. The molecule has 44 heavy (non-hydrogen) atoms. The molecule has 0 aliphatic carbocycles. The summed E-state index contributed by atoms with van der Waals surface area (Å²) in [5.74, 6) is -2.48. The van der Waals surface area contributed by atoms with Crippen LogP contribution in [-0.4, -0.2) is 54.8 Å². The van der Waals surface area contributed by atoms with E-state index >= 15 is 4.39 Å². The first-order valence-electron chi connectivity index (χ1n) is 14.9. The predicted octanol–water partition coefficient (Wildman–Crippen LogP) is 6.01. The third-order valence-corrected chi connectivity index (χ3v) is 8.68. The lowest BCUT2D eigenvalue weighted by molar-refractivity contribution is -0.312. The summed E-state index contributed by atoms with van der Waals surface area (Å²) in [6.07, 6.45) is -2.54. The maximum atomic E-state index is 15.1. The third-order valence-electron chi connectivity index (χ3n) is 8.68. The van der Waals surface area contributed by atoms with Gasteiger partial charge in [-0.3, -0.25) is 0 Å². The van der Waals surface area contributed by atoms with Gasteiger partial charge < -0.3 is 24.4 Å². The number of aliphatic carboxylic acids is 1. The highest BCUT2D eigenvalue weighted by atomic mass is 19.4. The topological polar surface area (TPSA) is 68.7 Å². The Bertz CT molecular complexity index is 1470. The molecule has 2 aliphatic heterocycles. The average molecular weight is 617 g/mol. The highest BCUT2D eigenvalue weighted by molar-refractivity contribution is 5.70. The summed E-state index contributed by atoms with van der Waals surface area (Å²) in [5.41, 5.74) is 3.36. The molecule has 5 rings (SSSR count). The van der Waals surface area contributed by atoms with Crippen LogP contribution in [0.4, 0.5) is 27.8 Å². The van der Waals surface area contributed by atoms with Crippen molar-refractivity contribution in [2.45, 2.75) is 57.7 Å². The molecule has 11 heteroatoms. The van der Waals surface area contributed by atoms with Crippen LogP contribution < -0.4 is 14.7 Å². The minimum absolute atomic E-state index is 0.0245. The summed E-state index contributed by atoms with van der Waals surface area (Å²) in [4.78, 5) is 19.6. The van der Waals surface area contributed by atoms with E-state index in [4.69, 9.17) is 4.74 Å². The first-order valence-corrected chi connectivity index (χ1v) is 14.9. The lowest BCUT2D eigenvalue weighted by Crippen LogP contribution is -2.41. The molecule has 1 aromatic heterocycles. The van der Waals surface area contributed by atoms with E-state index in [-0.39, 0.29) is 30.4 Å². The van der Waals surface area contributed by atoms with Crippen LogP contribution in [0.1, 0.15) is 54.7 Å². The fraction of sp³-hybridized carbons (Fsp3) is 0.455. The molecule has 2 aliphatic rings. The number of hydrogen-bond donors (Lipinski definition) is 0. The van der Waals surface area contributed by atoms with Crippen LogP contribution in [0.2, 0.25) is 0 Å².